The van der Waals surface area contributed by atoms with Crippen LogP contribution in [0.25, 0.3) is 0 Å². The van der Waals surface area contributed by atoms with Crippen LogP contribution in [-0.2, 0) is 25.2 Å². The van der Waals surface area contributed by atoms with Crippen molar-refractivity contribution in [1.29, 1.82) is 0 Å². The highest BCUT2D eigenvalue weighted by molar-refractivity contribution is 9.10. The molecule has 1 fully saturated rings. The fraction of sp³-hybridized carbons (Fsp3) is 0.412. The Hall–Kier alpha value is -1.86. The lowest BCUT2D eigenvalue weighted by Gasteiger charge is -2.26. The van der Waals surface area contributed by atoms with Crippen LogP contribution in [0.2, 0.25) is 0 Å². The molecular formula is C17H19BrN4O2. The molecule has 1 aliphatic carbocycles. The third-order valence-corrected chi connectivity index (χ3v) is 5.47. The maximum atomic E-state index is 11.2. The van der Waals surface area contributed by atoms with Gasteiger partial charge in [0.05, 0.1) is 24.3 Å². The van der Waals surface area contributed by atoms with Gasteiger partial charge >= 0.3 is 6.09 Å². The van der Waals surface area contributed by atoms with Gasteiger partial charge in [0, 0.05) is 29.6 Å². The first-order valence-corrected chi connectivity index (χ1v) is 8.88. The minimum absolute atomic E-state index is 0.0292. The molecule has 2 aliphatic rings. The van der Waals surface area contributed by atoms with E-state index in [4.69, 9.17) is 0 Å². The average molecular weight is 391 g/mol. The molecule has 4 rings (SSSR count). The molecule has 0 unspecified atom stereocenters. The highest BCUT2D eigenvalue weighted by Crippen LogP contribution is 2.46. The van der Waals surface area contributed by atoms with Crippen LogP contribution in [-0.4, -0.2) is 32.2 Å². The van der Waals surface area contributed by atoms with Crippen LogP contribution in [0.1, 0.15) is 29.8 Å². The first-order chi connectivity index (χ1) is 11.6. The van der Waals surface area contributed by atoms with E-state index in [0.717, 1.165) is 28.7 Å². The number of nitrogens with zero attached hydrogens (tertiary/aromatic N) is 3. The van der Waals surface area contributed by atoms with Crippen molar-refractivity contribution in [2.24, 2.45) is 0 Å². The van der Waals surface area contributed by atoms with E-state index in [1.807, 2.05) is 12.4 Å². The molecule has 6 nitrogen and oxygen atoms in total. The topological polar surface area (TPSA) is 70.4 Å². The van der Waals surface area contributed by atoms with Crippen LogP contribution in [0.3, 0.4) is 0 Å². The molecule has 2 N–H and O–H groups in total. The average Bonchev–Trinajstić information content (AvgIpc) is 3.26. The van der Waals surface area contributed by atoms with E-state index < -0.39 is 6.09 Å². The summed E-state index contributed by atoms with van der Waals surface area (Å²) < 4.78 is 3.15. The van der Waals surface area contributed by atoms with E-state index in [9.17, 15) is 9.90 Å². The molecule has 1 aromatic heterocycles. The number of benzene rings is 1. The van der Waals surface area contributed by atoms with Gasteiger partial charge in [0.25, 0.3) is 0 Å². The molecule has 0 atom stereocenters. The third kappa shape index (κ3) is 2.82. The second-order valence-electron chi connectivity index (χ2n) is 6.48. The van der Waals surface area contributed by atoms with E-state index in [0.29, 0.717) is 26.2 Å². The summed E-state index contributed by atoms with van der Waals surface area (Å²) in [5.41, 5.74) is 3.27. The fourth-order valence-corrected chi connectivity index (χ4v) is 3.75. The smallest absolute Gasteiger partial charge is 0.407 e. The standard InChI is InChI=1S/C17H19BrN4O2/c18-13-3-1-2-12(8-13)17(4-5-17)20-9-14-15-10-21(16(23)24)6-7-22(15)11-19-14/h1-3,8,11,20H,4-7,9-10H2,(H,23,24). The summed E-state index contributed by atoms with van der Waals surface area (Å²) in [6, 6.07) is 8.41. The first-order valence-electron chi connectivity index (χ1n) is 8.09. The molecule has 1 amide bonds. The molecule has 24 heavy (non-hydrogen) atoms. The molecule has 1 saturated carbocycles. The van der Waals surface area contributed by atoms with Crippen molar-refractivity contribution in [2.75, 3.05) is 6.54 Å². The largest absolute Gasteiger partial charge is 0.465 e. The predicted octanol–water partition coefficient (Wildman–Crippen LogP) is 2.92. The van der Waals surface area contributed by atoms with Gasteiger partial charge < -0.3 is 19.9 Å². The zero-order valence-electron chi connectivity index (χ0n) is 13.2. The van der Waals surface area contributed by atoms with E-state index >= 15 is 0 Å². The number of nitrogens with one attached hydrogen (secondary N) is 1. The van der Waals surface area contributed by atoms with Crippen LogP contribution in [0.15, 0.2) is 35.1 Å². The zero-order chi connectivity index (χ0) is 16.7. The normalized spacial score (nSPS) is 18.3. The molecule has 0 spiro atoms. The van der Waals surface area contributed by atoms with Gasteiger partial charge in [-0.2, -0.15) is 0 Å². The number of aromatic nitrogens is 2. The number of halogens is 1. The lowest BCUT2D eigenvalue weighted by molar-refractivity contribution is 0.132. The zero-order valence-corrected chi connectivity index (χ0v) is 14.8. The monoisotopic (exact) mass is 390 g/mol. The number of imidazole rings is 1. The Morgan fingerprint density at radius 3 is 2.92 bits per heavy atom. The van der Waals surface area contributed by atoms with Gasteiger partial charge in [0.15, 0.2) is 0 Å². The molecule has 2 heterocycles. The van der Waals surface area contributed by atoms with Crippen LogP contribution in [0.5, 0.6) is 0 Å². The summed E-state index contributed by atoms with van der Waals surface area (Å²) in [5.74, 6) is 0. The quantitative estimate of drug-likeness (QED) is 0.841. The highest BCUT2D eigenvalue weighted by Gasteiger charge is 2.44. The number of fused-ring (bicyclic) bond motifs is 1. The summed E-state index contributed by atoms with van der Waals surface area (Å²) in [7, 11) is 0. The maximum absolute atomic E-state index is 11.2. The molecule has 2 aromatic rings. The molecular weight excluding hydrogens is 372 g/mol. The van der Waals surface area contributed by atoms with Gasteiger partial charge in [-0.3, -0.25) is 0 Å². The number of hydrogen-bond acceptors (Lipinski definition) is 3. The lowest BCUT2D eigenvalue weighted by Crippen LogP contribution is -2.37. The fourth-order valence-electron chi connectivity index (χ4n) is 3.35. The number of rotatable bonds is 4. The Morgan fingerprint density at radius 2 is 2.21 bits per heavy atom. The van der Waals surface area contributed by atoms with Crippen molar-refractivity contribution >= 4 is 22.0 Å². The Kier molecular flexibility index (Phi) is 3.85. The second-order valence-corrected chi connectivity index (χ2v) is 7.40. The summed E-state index contributed by atoms with van der Waals surface area (Å²) in [6.45, 7) is 2.26. The number of carbonyl (C=O) groups is 1. The van der Waals surface area contributed by atoms with Crippen LogP contribution >= 0.6 is 15.9 Å². The van der Waals surface area contributed by atoms with Crippen LogP contribution in [0, 0.1) is 0 Å². The third-order valence-electron chi connectivity index (χ3n) is 4.98. The lowest BCUT2D eigenvalue weighted by atomic mass is 10.0. The van der Waals surface area contributed by atoms with Gasteiger partial charge in [0.1, 0.15) is 0 Å². The van der Waals surface area contributed by atoms with Gasteiger partial charge in [-0.15, -0.1) is 0 Å². The summed E-state index contributed by atoms with van der Waals surface area (Å²) >= 11 is 3.54. The highest BCUT2D eigenvalue weighted by atomic mass is 79.9. The van der Waals surface area contributed by atoms with Crippen molar-refractivity contribution < 1.29 is 9.90 Å². The molecule has 1 aliphatic heterocycles. The SMILES string of the molecule is O=C(O)N1CCn2cnc(CNC3(c4cccc(Br)c4)CC3)c2C1. The van der Waals surface area contributed by atoms with E-state index in [2.05, 4.69) is 49.0 Å². The Labute approximate surface area is 148 Å². The van der Waals surface area contributed by atoms with Crippen molar-refractivity contribution in [2.45, 2.75) is 38.0 Å². The number of amides is 1. The van der Waals surface area contributed by atoms with Crippen LogP contribution < -0.4 is 5.32 Å². The maximum Gasteiger partial charge on any atom is 0.407 e. The van der Waals surface area contributed by atoms with Crippen LogP contribution in [0.4, 0.5) is 4.79 Å². The Morgan fingerprint density at radius 1 is 1.38 bits per heavy atom. The molecule has 7 heteroatoms. The molecule has 0 saturated heterocycles. The predicted molar refractivity (Wildman–Crippen MR) is 92.6 cm³/mol. The van der Waals surface area contributed by atoms with Crippen molar-refractivity contribution in [3.05, 3.63) is 52.0 Å². The first kappa shape index (κ1) is 15.7. The van der Waals surface area contributed by atoms with Gasteiger partial charge in [-0.25, -0.2) is 9.78 Å². The number of carboxylic acid groups (broad SMARTS) is 1. The van der Waals surface area contributed by atoms with E-state index in [1.54, 1.807) is 0 Å². The van der Waals surface area contributed by atoms with Crippen molar-refractivity contribution in [1.82, 2.24) is 19.8 Å². The Bertz CT molecular complexity index is 785. The van der Waals surface area contributed by atoms with Crippen molar-refractivity contribution in [3.63, 3.8) is 0 Å². The molecule has 126 valence electrons. The second kappa shape index (κ2) is 5.89. The minimum Gasteiger partial charge on any atom is -0.465 e. The van der Waals surface area contributed by atoms with Crippen molar-refractivity contribution in [3.8, 4) is 0 Å². The molecule has 0 radical (unpaired) electrons. The Balaban J connectivity index is 1.50. The summed E-state index contributed by atoms with van der Waals surface area (Å²) in [5, 5.41) is 12.9. The van der Waals surface area contributed by atoms with Gasteiger partial charge in [0.2, 0.25) is 0 Å². The van der Waals surface area contributed by atoms with E-state index in [-0.39, 0.29) is 5.54 Å². The van der Waals surface area contributed by atoms with E-state index in [1.165, 1.54) is 10.5 Å². The summed E-state index contributed by atoms with van der Waals surface area (Å²) in [4.78, 5) is 17.2. The number of hydrogen-bond donors (Lipinski definition) is 2. The minimum atomic E-state index is -0.867. The molecule has 0 bridgehead atoms. The summed E-state index contributed by atoms with van der Waals surface area (Å²) in [6.07, 6.45) is 3.18. The van der Waals surface area contributed by atoms with Gasteiger partial charge in [-0.1, -0.05) is 28.1 Å². The van der Waals surface area contributed by atoms with Gasteiger partial charge in [-0.05, 0) is 30.5 Å². The molecule has 1 aromatic carbocycles.